The van der Waals surface area contributed by atoms with E-state index >= 15 is 0 Å². The van der Waals surface area contributed by atoms with Crippen molar-refractivity contribution in [3.63, 3.8) is 0 Å². The molecule has 0 saturated heterocycles. The highest BCUT2D eigenvalue weighted by atomic mass is 16.4. The number of aliphatic hydroxyl groups is 1. The minimum absolute atomic E-state index is 0.582. The molecule has 1 aliphatic rings. The van der Waals surface area contributed by atoms with Gasteiger partial charge in [0, 0.05) is 0 Å². The molecule has 1 aromatic rings. The van der Waals surface area contributed by atoms with Crippen LogP contribution in [0.5, 0.6) is 0 Å². The third kappa shape index (κ3) is 3.35. The lowest BCUT2D eigenvalue weighted by atomic mass is 9.74. The number of rotatable bonds is 3. The second-order valence-electron chi connectivity index (χ2n) is 5.55. The van der Waals surface area contributed by atoms with Gasteiger partial charge in [0.2, 0.25) is 0 Å². The maximum atomic E-state index is 11.6. The Balaban J connectivity index is 2.28. The molecule has 1 aromatic carbocycles. The minimum Gasteiger partial charge on any atom is -0.481 e. The van der Waals surface area contributed by atoms with E-state index in [2.05, 4.69) is 0 Å². The van der Waals surface area contributed by atoms with Gasteiger partial charge in [0.15, 0.2) is 0 Å². The van der Waals surface area contributed by atoms with Gasteiger partial charge in [-0.15, -0.1) is 0 Å². The summed E-state index contributed by atoms with van der Waals surface area (Å²) in [6.07, 6.45) is 6.35. The van der Waals surface area contributed by atoms with E-state index in [1.54, 1.807) is 12.1 Å². The summed E-state index contributed by atoms with van der Waals surface area (Å²) in [4.78, 5) is 11.6. The van der Waals surface area contributed by atoms with E-state index < -0.39 is 17.5 Å². The van der Waals surface area contributed by atoms with Gasteiger partial charge in [-0.2, -0.15) is 0 Å². The van der Waals surface area contributed by atoms with Crippen LogP contribution in [0.15, 0.2) is 30.3 Å². The maximum absolute atomic E-state index is 11.6. The van der Waals surface area contributed by atoms with E-state index in [1.165, 1.54) is 6.42 Å². The van der Waals surface area contributed by atoms with Crippen molar-refractivity contribution in [3.8, 4) is 0 Å². The Kier molecular flexibility index (Phi) is 4.59. The molecule has 0 bridgehead atoms. The fourth-order valence-electron chi connectivity index (χ4n) is 3.13. The first-order valence-electron chi connectivity index (χ1n) is 7.14. The third-order valence-electron chi connectivity index (χ3n) is 4.14. The number of carboxylic acid groups (broad SMARTS) is 1. The van der Waals surface area contributed by atoms with Crippen LogP contribution in [0.2, 0.25) is 0 Å². The van der Waals surface area contributed by atoms with E-state index in [0.29, 0.717) is 18.4 Å². The Morgan fingerprint density at radius 3 is 2.05 bits per heavy atom. The molecule has 2 N–H and O–H groups in total. The van der Waals surface area contributed by atoms with Gasteiger partial charge in [-0.25, -0.2) is 0 Å². The fourth-order valence-corrected chi connectivity index (χ4v) is 3.13. The monoisotopic (exact) mass is 262 g/mol. The van der Waals surface area contributed by atoms with Gasteiger partial charge in [0.05, 0.1) is 5.60 Å². The molecule has 1 unspecified atom stereocenters. The molecule has 0 radical (unpaired) electrons. The lowest BCUT2D eigenvalue weighted by molar-refractivity contribution is -0.147. The number of carboxylic acids is 1. The maximum Gasteiger partial charge on any atom is 0.313 e. The summed E-state index contributed by atoms with van der Waals surface area (Å²) >= 11 is 0. The second kappa shape index (κ2) is 6.20. The lowest BCUT2D eigenvalue weighted by Crippen LogP contribution is -2.41. The smallest absolute Gasteiger partial charge is 0.313 e. The van der Waals surface area contributed by atoms with Crippen LogP contribution in [0, 0.1) is 0 Å². The quantitative estimate of drug-likeness (QED) is 0.878. The molecule has 0 heterocycles. The number of hydrogen-bond donors (Lipinski definition) is 2. The van der Waals surface area contributed by atoms with Gasteiger partial charge in [0.1, 0.15) is 5.92 Å². The molecule has 3 heteroatoms. The van der Waals surface area contributed by atoms with E-state index in [9.17, 15) is 15.0 Å². The van der Waals surface area contributed by atoms with Gasteiger partial charge in [-0.3, -0.25) is 4.79 Å². The number of carbonyl (C=O) groups is 1. The molecule has 104 valence electrons. The summed E-state index contributed by atoms with van der Waals surface area (Å²) in [6.45, 7) is 0. The molecular formula is C16H22O3. The van der Waals surface area contributed by atoms with Crippen LogP contribution in [0.4, 0.5) is 0 Å². The lowest BCUT2D eigenvalue weighted by Gasteiger charge is -2.35. The van der Waals surface area contributed by atoms with Gasteiger partial charge < -0.3 is 10.2 Å². The second-order valence-corrected chi connectivity index (χ2v) is 5.55. The van der Waals surface area contributed by atoms with Crippen molar-refractivity contribution in [2.24, 2.45) is 0 Å². The van der Waals surface area contributed by atoms with Crippen LogP contribution in [0.3, 0.4) is 0 Å². The van der Waals surface area contributed by atoms with Crippen molar-refractivity contribution in [1.29, 1.82) is 0 Å². The standard InChI is InChI=1S/C16H22O3/c17-15(18)14(13-9-5-4-6-10-13)16(19)11-7-2-1-3-8-12-16/h4-6,9-10,14,19H,1-3,7-8,11-12H2,(H,17,18). The first-order valence-corrected chi connectivity index (χ1v) is 7.14. The van der Waals surface area contributed by atoms with Crippen LogP contribution in [-0.2, 0) is 4.79 Å². The zero-order chi connectivity index (χ0) is 13.7. The first-order chi connectivity index (χ1) is 9.13. The summed E-state index contributed by atoms with van der Waals surface area (Å²) in [7, 11) is 0. The highest BCUT2D eigenvalue weighted by Gasteiger charge is 2.42. The average molecular weight is 262 g/mol. The van der Waals surface area contributed by atoms with Crippen molar-refractivity contribution in [2.75, 3.05) is 0 Å². The Hall–Kier alpha value is -1.35. The SMILES string of the molecule is O=C(O)C(c1ccccc1)C1(O)CCCCCCC1. The molecule has 0 aliphatic heterocycles. The van der Waals surface area contributed by atoms with Crippen LogP contribution in [-0.4, -0.2) is 21.8 Å². The summed E-state index contributed by atoms with van der Waals surface area (Å²) in [5, 5.41) is 20.4. The van der Waals surface area contributed by atoms with Crippen LogP contribution in [0.25, 0.3) is 0 Å². The van der Waals surface area contributed by atoms with Crippen molar-refractivity contribution in [3.05, 3.63) is 35.9 Å². The van der Waals surface area contributed by atoms with Gasteiger partial charge in [-0.1, -0.05) is 62.4 Å². The van der Waals surface area contributed by atoms with Gasteiger partial charge in [0.25, 0.3) is 0 Å². The van der Waals surface area contributed by atoms with Gasteiger partial charge >= 0.3 is 5.97 Å². The van der Waals surface area contributed by atoms with E-state index in [4.69, 9.17) is 0 Å². The van der Waals surface area contributed by atoms with Gasteiger partial charge in [-0.05, 0) is 18.4 Å². The highest BCUT2D eigenvalue weighted by molar-refractivity contribution is 5.77. The molecule has 1 aliphatic carbocycles. The highest BCUT2D eigenvalue weighted by Crippen LogP contribution is 2.38. The molecule has 19 heavy (non-hydrogen) atoms. The summed E-state index contributed by atoms with van der Waals surface area (Å²) in [5.74, 6) is -1.74. The summed E-state index contributed by atoms with van der Waals surface area (Å²) in [5.41, 5.74) is -0.397. The molecule has 0 amide bonds. The first kappa shape index (κ1) is 14.1. The molecule has 0 spiro atoms. The molecule has 1 saturated carbocycles. The van der Waals surface area contributed by atoms with Crippen molar-refractivity contribution < 1.29 is 15.0 Å². The topological polar surface area (TPSA) is 57.5 Å². The number of benzene rings is 1. The largest absolute Gasteiger partial charge is 0.481 e. The number of hydrogen-bond acceptors (Lipinski definition) is 2. The van der Waals surface area contributed by atoms with Crippen molar-refractivity contribution in [1.82, 2.24) is 0 Å². The predicted octanol–water partition coefficient (Wildman–Crippen LogP) is 3.33. The third-order valence-corrected chi connectivity index (χ3v) is 4.14. The number of aliphatic carboxylic acids is 1. The Bertz CT molecular complexity index is 405. The molecule has 3 nitrogen and oxygen atoms in total. The van der Waals surface area contributed by atoms with Crippen molar-refractivity contribution >= 4 is 5.97 Å². The molecule has 2 rings (SSSR count). The minimum atomic E-state index is -1.10. The Labute approximate surface area is 114 Å². The Morgan fingerprint density at radius 2 is 1.53 bits per heavy atom. The fraction of sp³-hybridized carbons (Fsp3) is 0.562. The summed E-state index contributed by atoms with van der Waals surface area (Å²) in [6, 6.07) is 9.13. The van der Waals surface area contributed by atoms with Crippen LogP contribution in [0.1, 0.15) is 56.4 Å². The molecule has 1 atom stereocenters. The zero-order valence-corrected chi connectivity index (χ0v) is 11.2. The molecular weight excluding hydrogens is 240 g/mol. The molecule has 1 fully saturated rings. The van der Waals surface area contributed by atoms with Crippen LogP contribution >= 0.6 is 0 Å². The van der Waals surface area contributed by atoms with E-state index in [1.807, 2.05) is 18.2 Å². The van der Waals surface area contributed by atoms with E-state index in [-0.39, 0.29) is 0 Å². The predicted molar refractivity (Wildman–Crippen MR) is 74.1 cm³/mol. The van der Waals surface area contributed by atoms with Crippen LogP contribution < -0.4 is 0 Å². The van der Waals surface area contributed by atoms with E-state index in [0.717, 1.165) is 25.7 Å². The molecule has 0 aromatic heterocycles. The summed E-state index contributed by atoms with van der Waals surface area (Å²) < 4.78 is 0. The average Bonchev–Trinajstić information content (AvgIpc) is 2.35. The normalized spacial score (nSPS) is 21.1. The van der Waals surface area contributed by atoms with Crippen molar-refractivity contribution in [2.45, 2.75) is 56.5 Å². The Morgan fingerprint density at radius 1 is 1.00 bits per heavy atom. The zero-order valence-electron chi connectivity index (χ0n) is 11.2.